The van der Waals surface area contributed by atoms with Gasteiger partial charge in [0.15, 0.2) is 0 Å². The molecule has 0 bridgehead atoms. The van der Waals surface area contributed by atoms with E-state index in [0.29, 0.717) is 23.3 Å². The van der Waals surface area contributed by atoms with Gasteiger partial charge in [0.1, 0.15) is 5.82 Å². The first-order valence-corrected chi connectivity index (χ1v) is 8.55. The van der Waals surface area contributed by atoms with Gasteiger partial charge in [0, 0.05) is 23.6 Å². The van der Waals surface area contributed by atoms with Crippen LogP contribution in [0.1, 0.15) is 23.8 Å². The molecule has 132 valence electrons. The third-order valence-electron chi connectivity index (χ3n) is 4.39. The highest BCUT2D eigenvalue weighted by Crippen LogP contribution is 2.33. The maximum Gasteiger partial charge on any atom is 0.232 e. The Morgan fingerprint density at radius 3 is 2.92 bits per heavy atom. The number of anilines is 1. The van der Waals surface area contributed by atoms with Crippen molar-refractivity contribution in [1.29, 1.82) is 0 Å². The number of benzene rings is 2. The van der Waals surface area contributed by atoms with Gasteiger partial charge in [-0.05, 0) is 36.8 Å². The number of carbonyl (C=O) groups excluding carboxylic acids is 1. The average Bonchev–Trinajstić information content (AvgIpc) is 3.24. The zero-order valence-corrected chi connectivity index (χ0v) is 14.7. The van der Waals surface area contributed by atoms with Crippen molar-refractivity contribution in [2.45, 2.75) is 19.3 Å². The summed E-state index contributed by atoms with van der Waals surface area (Å²) in [5.41, 5.74) is 1.91. The van der Waals surface area contributed by atoms with E-state index in [-0.39, 0.29) is 23.9 Å². The molecule has 4 rings (SSSR count). The summed E-state index contributed by atoms with van der Waals surface area (Å²) in [5.74, 6) is -0.0846. The van der Waals surface area contributed by atoms with Crippen LogP contribution < -0.4 is 4.90 Å². The molecule has 7 heteroatoms. The van der Waals surface area contributed by atoms with E-state index in [1.807, 2.05) is 13.0 Å². The van der Waals surface area contributed by atoms with Crippen molar-refractivity contribution in [2.75, 3.05) is 11.4 Å². The number of amides is 1. The number of hydrogen-bond acceptors (Lipinski definition) is 4. The molecule has 0 aliphatic carbocycles. The number of hydrogen-bond donors (Lipinski definition) is 0. The second-order valence-electron chi connectivity index (χ2n) is 6.33. The monoisotopic (exact) mass is 371 g/mol. The lowest BCUT2D eigenvalue weighted by molar-refractivity contribution is -0.117. The molecule has 3 aromatic rings. The first-order chi connectivity index (χ1) is 12.5. The van der Waals surface area contributed by atoms with E-state index in [0.717, 1.165) is 11.1 Å². The minimum Gasteiger partial charge on any atom is -0.339 e. The molecule has 2 heterocycles. The summed E-state index contributed by atoms with van der Waals surface area (Å²) >= 11 is 5.99. The standard InChI is InChI=1S/C19H15ClFN3O2/c1-11-5-6-15(21)16(7-11)24-10-13(9-17(24)25)19-22-18(23-26-19)12-3-2-4-14(20)8-12/h2-8,13H,9-10H2,1H3. The molecule has 2 aromatic carbocycles. The molecule has 26 heavy (non-hydrogen) atoms. The van der Waals surface area contributed by atoms with Gasteiger partial charge < -0.3 is 9.42 Å². The van der Waals surface area contributed by atoms with Gasteiger partial charge in [-0.1, -0.05) is 35.0 Å². The van der Waals surface area contributed by atoms with Gasteiger partial charge in [-0.2, -0.15) is 4.98 Å². The Morgan fingerprint density at radius 2 is 2.12 bits per heavy atom. The largest absolute Gasteiger partial charge is 0.339 e. The van der Waals surface area contributed by atoms with E-state index in [1.54, 1.807) is 30.3 Å². The molecule has 1 fully saturated rings. The quantitative estimate of drug-likeness (QED) is 0.686. The zero-order chi connectivity index (χ0) is 18.3. The number of halogens is 2. The topological polar surface area (TPSA) is 59.2 Å². The highest BCUT2D eigenvalue weighted by molar-refractivity contribution is 6.30. The maximum absolute atomic E-state index is 14.1. The van der Waals surface area contributed by atoms with Gasteiger partial charge in [0.05, 0.1) is 11.6 Å². The van der Waals surface area contributed by atoms with Crippen molar-refractivity contribution in [3.8, 4) is 11.4 Å². The van der Waals surface area contributed by atoms with Crippen molar-refractivity contribution >= 4 is 23.2 Å². The minimum absolute atomic E-state index is 0.165. The molecular formula is C19H15ClFN3O2. The molecule has 1 aromatic heterocycles. The van der Waals surface area contributed by atoms with Gasteiger partial charge in [-0.25, -0.2) is 4.39 Å². The van der Waals surface area contributed by atoms with Crippen LogP contribution in [0, 0.1) is 12.7 Å². The lowest BCUT2D eigenvalue weighted by Gasteiger charge is -2.17. The summed E-state index contributed by atoms with van der Waals surface area (Å²) in [6.45, 7) is 2.16. The van der Waals surface area contributed by atoms with Crippen molar-refractivity contribution in [1.82, 2.24) is 10.1 Å². The molecule has 1 unspecified atom stereocenters. The molecule has 0 saturated carbocycles. The highest BCUT2D eigenvalue weighted by atomic mass is 35.5. The van der Waals surface area contributed by atoms with Gasteiger partial charge in [0.25, 0.3) is 0 Å². The number of nitrogens with zero attached hydrogens (tertiary/aromatic N) is 3. The van der Waals surface area contributed by atoms with Gasteiger partial charge in [0.2, 0.25) is 17.6 Å². The van der Waals surface area contributed by atoms with Gasteiger partial charge in [-0.3, -0.25) is 4.79 Å². The fourth-order valence-corrected chi connectivity index (χ4v) is 3.27. The van der Waals surface area contributed by atoms with E-state index < -0.39 is 5.82 Å². The fraction of sp³-hybridized carbons (Fsp3) is 0.211. The summed E-state index contributed by atoms with van der Waals surface area (Å²) in [6, 6.07) is 11.8. The molecule has 1 amide bonds. The second kappa shape index (κ2) is 6.53. The van der Waals surface area contributed by atoms with Crippen LogP contribution in [0.15, 0.2) is 47.0 Å². The van der Waals surface area contributed by atoms with E-state index in [1.165, 1.54) is 11.0 Å². The third-order valence-corrected chi connectivity index (χ3v) is 4.63. The smallest absolute Gasteiger partial charge is 0.232 e. The zero-order valence-electron chi connectivity index (χ0n) is 13.9. The first kappa shape index (κ1) is 16.7. The molecule has 5 nitrogen and oxygen atoms in total. The van der Waals surface area contributed by atoms with E-state index in [2.05, 4.69) is 10.1 Å². The number of aromatic nitrogens is 2. The Balaban J connectivity index is 1.59. The third kappa shape index (κ3) is 3.08. The molecule has 1 saturated heterocycles. The van der Waals surface area contributed by atoms with Crippen LogP contribution in [0.25, 0.3) is 11.4 Å². The molecule has 1 atom stereocenters. The summed E-state index contributed by atoms with van der Waals surface area (Å²) < 4.78 is 19.5. The van der Waals surface area contributed by atoms with Crippen LogP contribution in [0.2, 0.25) is 5.02 Å². The average molecular weight is 372 g/mol. The number of aryl methyl sites for hydroxylation is 1. The molecule has 0 spiro atoms. The summed E-state index contributed by atoms with van der Waals surface area (Å²) in [5, 5.41) is 4.55. The molecule has 1 aliphatic heterocycles. The van der Waals surface area contributed by atoms with Gasteiger partial charge >= 0.3 is 0 Å². The van der Waals surface area contributed by atoms with Crippen LogP contribution >= 0.6 is 11.6 Å². The second-order valence-corrected chi connectivity index (χ2v) is 6.76. The van der Waals surface area contributed by atoms with Crippen molar-refractivity contribution in [2.24, 2.45) is 0 Å². The van der Waals surface area contributed by atoms with E-state index in [9.17, 15) is 9.18 Å². The predicted molar refractivity (Wildman–Crippen MR) is 95.6 cm³/mol. The minimum atomic E-state index is -0.422. The van der Waals surface area contributed by atoms with E-state index >= 15 is 0 Å². The Bertz CT molecular complexity index is 988. The Hall–Kier alpha value is -2.73. The lowest BCUT2D eigenvalue weighted by atomic mass is 10.1. The summed E-state index contributed by atoms with van der Waals surface area (Å²) in [6.07, 6.45) is 0.199. The van der Waals surface area contributed by atoms with Crippen molar-refractivity contribution in [3.63, 3.8) is 0 Å². The fourth-order valence-electron chi connectivity index (χ4n) is 3.08. The molecule has 0 N–H and O–H groups in total. The lowest BCUT2D eigenvalue weighted by Crippen LogP contribution is -2.25. The maximum atomic E-state index is 14.1. The van der Waals surface area contributed by atoms with Crippen LogP contribution in [0.5, 0.6) is 0 Å². The molecule has 1 aliphatic rings. The van der Waals surface area contributed by atoms with Gasteiger partial charge in [-0.15, -0.1) is 0 Å². The Labute approximate surface area is 154 Å². The number of rotatable bonds is 3. The first-order valence-electron chi connectivity index (χ1n) is 8.17. The van der Waals surface area contributed by atoms with Crippen LogP contribution in [-0.4, -0.2) is 22.6 Å². The normalized spacial score (nSPS) is 17.1. The Morgan fingerprint density at radius 1 is 1.27 bits per heavy atom. The SMILES string of the molecule is Cc1ccc(F)c(N2CC(c3nc(-c4cccc(Cl)c4)no3)CC2=O)c1. The van der Waals surface area contributed by atoms with Crippen LogP contribution in [0.4, 0.5) is 10.1 Å². The summed E-state index contributed by atoms with van der Waals surface area (Å²) in [4.78, 5) is 18.2. The molecule has 0 radical (unpaired) electrons. The van der Waals surface area contributed by atoms with E-state index in [4.69, 9.17) is 16.1 Å². The van der Waals surface area contributed by atoms with Crippen LogP contribution in [0.3, 0.4) is 0 Å². The van der Waals surface area contributed by atoms with Crippen molar-refractivity contribution < 1.29 is 13.7 Å². The van der Waals surface area contributed by atoms with Crippen molar-refractivity contribution in [3.05, 3.63) is 64.8 Å². The summed E-state index contributed by atoms with van der Waals surface area (Å²) in [7, 11) is 0. The predicted octanol–water partition coefficient (Wildman–Crippen LogP) is 4.36. The number of carbonyl (C=O) groups is 1. The highest BCUT2D eigenvalue weighted by Gasteiger charge is 2.36. The Kier molecular flexibility index (Phi) is 4.20. The van der Waals surface area contributed by atoms with Crippen LogP contribution in [-0.2, 0) is 4.79 Å². The molecular weight excluding hydrogens is 357 g/mol.